The fraction of sp³-hybridized carbons (Fsp3) is 0.172. The molecule has 7 aromatic carbocycles. The maximum absolute atomic E-state index is 6.95. The van der Waals surface area contributed by atoms with Crippen molar-refractivity contribution in [2.45, 2.75) is 43.9 Å². The lowest BCUT2D eigenvalue weighted by Crippen LogP contribution is -2.48. The number of furan rings is 1. The number of thiophene rings is 1. The highest BCUT2D eigenvalue weighted by molar-refractivity contribution is 7.25. The summed E-state index contributed by atoms with van der Waals surface area (Å²) in [5, 5.41) is 6.88. The van der Waals surface area contributed by atoms with Gasteiger partial charge in [-0.1, -0.05) is 91.0 Å². The molecule has 4 aliphatic rings. The van der Waals surface area contributed by atoms with Crippen molar-refractivity contribution in [2.24, 2.45) is 17.8 Å². The number of hydrogen-bond donors (Lipinski definition) is 0. The first-order valence-corrected chi connectivity index (χ1v) is 23.6. The number of fused-ring (bicyclic) bond motifs is 7. The second-order valence-corrected chi connectivity index (χ2v) is 20.0. The summed E-state index contributed by atoms with van der Waals surface area (Å²) >= 11 is 1.81. The lowest BCUT2D eigenvalue weighted by atomic mass is 9.48. The lowest BCUT2D eigenvalue weighted by Gasteiger charge is -2.57. The first kappa shape index (κ1) is 36.5. The maximum Gasteiger partial charge on any atom is 0.167 e. The van der Waals surface area contributed by atoms with Gasteiger partial charge in [0.2, 0.25) is 0 Å². The monoisotopic (exact) mass is 842 g/mol. The zero-order chi connectivity index (χ0) is 41.9. The van der Waals surface area contributed by atoms with E-state index in [-0.39, 0.29) is 0 Å². The van der Waals surface area contributed by atoms with Crippen molar-refractivity contribution in [2.75, 3.05) is 0 Å². The SMILES string of the molecule is c1ccc(-c2cccc(-c3nc(-c4ccc5sc6ccccc6c5c4)nc(-c4cc(-c5ccc(C67CC8CC(CC(C8)C6)C7)cc5)cc5c4oc4cc6ccccc6cc45)n3)c2)nc1. The molecule has 4 aromatic heterocycles. The van der Waals surface area contributed by atoms with Gasteiger partial charge >= 0.3 is 0 Å². The highest BCUT2D eigenvalue weighted by Gasteiger charge is 2.51. The van der Waals surface area contributed by atoms with Gasteiger partial charge < -0.3 is 4.42 Å². The second-order valence-electron chi connectivity index (χ2n) is 18.9. The minimum atomic E-state index is 0.341. The first-order chi connectivity index (χ1) is 31.6. The van der Waals surface area contributed by atoms with Gasteiger partial charge in [0, 0.05) is 53.8 Å². The third-order valence-corrected chi connectivity index (χ3v) is 16.1. The number of rotatable bonds is 6. The highest BCUT2D eigenvalue weighted by Crippen LogP contribution is 2.61. The fourth-order valence-corrected chi connectivity index (χ4v) is 13.4. The van der Waals surface area contributed by atoms with Crippen molar-refractivity contribution in [1.82, 2.24) is 19.9 Å². The largest absolute Gasteiger partial charge is 0.455 e. The molecule has 15 rings (SSSR count). The van der Waals surface area contributed by atoms with Crippen LogP contribution >= 0.6 is 11.3 Å². The number of hydrogen-bond acceptors (Lipinski definition) is 6. The maximum atomic E-state index is 6.95. The molecule has 306 valence electrons. The van der Waals surface area contributed by atoms with E-state index in [2.05, 4.69) is 145 Å². The van der Waals surface area contributed by atoms with Gasteiger partial charge in [-0.2, -0.15) is 0 Å². The smallest absolute Gasteiger partial charge is 0.167 e. The van der Waals surface area contributed by atoms with Crippen LogP contribution in [0.1, 0.15) is 44.1 Å². The van der Waals surface area contributed by atoms with E-state index in [0.717, 1.165) is 78.6 Å². The zero-order valence-corrected chi connectivity index (χ0v) is 36.0. The number of pyridine rings is 1. The molecule has 0 atom stereocenters. The van der Waals surface area contributed by atoms with Crippen LogP contribution in [0.2, 0.25) is 0 Å². The predicted molar refractivity (Wildman–Crippen MR) is 262 cm³/mol. The van der Waals surface area contributed by atoms with Gasteiger partial charge in [-0.05, 0) is 156 Å². The molecule has 64 heavy (non-hydrogen) atoms. The number of nitrogens with zero attached hydrogens (tertiary/aromatic N) is 4. The summed E-state index contributed by atoms with van der Waals surface area (Å²) in [6.07, 6.45) is 10.2. The predicted octanol–water partition coefficient (Wildman–Crippen LogP) is 15.5. The normalized spacial score (nSPS) is 20.3. The molecule has 6 heteroatoms. The Morgan fingerprint density at radius 3 is 1.91 bits per heavy atom. The van der Waals surface area contributed by atoms with Gasteiger partial charge in [-0.3, -0.25) is 4.98 Å². The minimum Gasteiger partial charge on any atom is -0.455 e. The van der Waals surface area contributed by atoms with E-state index in [1.807, 2.05) is 35.7 Å². The van der Waals surface area contributed by atoms with Crippen LogP contribution in [0.4, 0.5) is 0 Å². The molecule has 5 nitrogen and oxygen atoms in total. The van der Waals surface area contributed by atoms with Crippen LogP contribution in [-0.2, 0) is 5.41 Å². The molecule has 4 bridgehead atoms. The van der Waals surface area contributed by atoms with Crippen LogP contribution in [0.5, 0.6) is 0 Å². The molecule has 0 aliphatic heterocycles. The third kappa shape index (κ3) is 5.89. The molecule has 0 radical (unpaired) electrons. The molecule has 4 heterocycles. The third-order valence-electron chi connectivity index (χ3n) is 14.9. The van der Waals surface area contributed by atoms with E-state index in [9.17, 15) is 0 Å². The highest BCUT2D eigenvalue weighted by atomic mass is 32.1. The standard InChI is InChI=1S/C58H42N4OS/c1-2-9-39-30-51-46(26-38(39)8-1)48-28-43(37-15-18-44(19-16-37)58-31-34-22-35(32-58)24-36(23-34)33-58)29-49(54(48)63-51)57-61-55(41-11-7-10-40(25-41)50-13-5-6-21-59-50)60-56(62-57)42-17-20-53-47(27-42)45-12-3-4-14-52(45)64-53/h1-21,25-30,34-36H,22-24,31-33H2. The molecule has 0 amide bonds. The molecule has 0 saturated heterocycles. The van der Waals surface area contributed by atoms with Gasteiger partial charge in [0.1, 0.15) is 11.2 Å². The summed E-state index contributed by atoms with van der Waals surface area (Å²) in [6, 6.07) is 56.7. The van der Waals surface area contributed by atoms with Gasteiger partial charge in [-0.25, -0.2) is 15.0 Å². The number of benzene rings is 7. The van der Waals surface area contributed by atoms with E-state index < -0.39 is 0 Å². The Morgan fingerprint density at radius 2 is 1.12 bits per heavy atom. The Kier molecular flexibility index (Phi) is 7.97. The Balaban J connectivity index is 0.983. The van der Waals surface area contributed by atoms with Crippen LogP contribution in [0, 0.1) is 17.8 Å². The summed E-state index contributed by atoms with van der Waals surface area (Å²) in [5.74, 6) is 4.48. The number of aromatic nitrogens is 4. The van der Waals surface area contributed by atoms with Crippen LogP contribution in [0.3, 0.4) is 0 Å². The van der Waals surface area contributed by atoms with Gasteiger partial charge in [0.05, 0.1) is 11.3 Å². The van der Waals surface area contributed by atoms with Crippen LogP contribution in [0.15, 0.2) is 168 Å². The summed E-state index contributed by atoms with van der Waals surface area (Å²) in [7, 11) is 0. The molecule has 0 unspecified atom stereocenters. The van der Waals surface area contributed by atoms with Crippen molar-refractivity contribution in [3.8, 4) is 56.5 Å². The van der Waals surface area contributed by atoms with Crippen molar-refractivity contribution in [3.63, 3.8) is 0 Å². The molecule has 4 fully saturated rings. The minimum absolute atomic E-state index is 0.341. The second kappa shape index (κ2) is 14.0. The van der Waals surface area contributed by atoms with E-state index in [1.165, 1.54) is 75.2 Å². The van der Waals surface area contributed by atoms with E-state index in [4.69, 9.17) is 19.4 Å². The van der Waals surface area contributed by atoms with E-state index >= 15 is 0 Å². The van der Waals surface area contributed by atoms with Gasteiger partial charge in [0.15, 0.2) is 17.5 Å². The van der Waals surface area contributed by atoms with Crippen LogP contribution in [-0.4, -0.2) is 19.9 Å². The molecule has 0 N–H and O–H groups in total. The van der Waals surface area contributed by atoms with E-state index in [1.54, 1.807) is 0 Å². The zero-order valence-electron chi connectivity index (χ0n) is 35.2. The molecule has 4 saturated carbocycles. The van der Waals surface area contributed by atoms with Crippen molar-refractivity contribution in [3.05, 3.63) is 169 Å². The molecular formula is C58H42N4OS. The Morgan fingerprint density at radius 1 is 0.469 bits per heavy atom. The van der Waals surface area contributed by atoms with E-state index in [0.29, 0.717) is 22.9 Å². The van der Waals surface area contributed by atoms with Gasteiger partial charge in [0.25, 0.3) is 0 Å². The molecular weight excluding hydrogens is 801 g/mol. The molecule has 4 aliphatic carbocycles. The fourth-order valence-electron chi connectivity index (χ4n) is 12.3. The van der Waals surface area contributed by atoms with Gasteiger partial charge in [-0.15, -0.1) is 11.3 Å². The average molecular weight is 843 g/mol. The summed E-state index contributed by atoms with van der Waals surface area (Å²) in [5.41, 5.74) is 10.3. The average Bonchev–Trinajstić information content (AvgIpc) is 3.90. The summed E-state index contributed by atoms with van der Waals surface area (Å²) < 4.78 is 9.45. The Hall–Kier alpha value is -7.02. The lowest BCUT2D eigenvalue weighted by molar-refractivity contribution is -0.00518. The quantitative estimate of drug-likeness (QED) is 0.167. The Bertz CT molecular complexity index is 3630. The Labute approximate surface area is 374 Å². The summed E-state index contributed by atoms with van der Waals surface area (Å²) in [4.78, 5) is 20.7. The summed E-state index contributed by atoms with van der Waals surface area (Å²) in [6.45, 7) is 0. The van der Waals surface area contributed by atoms with Crippen molar-refractivity contribution < 1.29 is 4.42 Å². The van der Waals surface area contributed by atoms with Crippen molar-refractivity contribution >= 4 is 64.2 Å². The molecule has 0 spiro atoms. The first-order valence-electron chi connectivity index (χ1n) is 22.8. The van der Waals surface area contributed by atoms with Crippen LogP contribution in [0.25, 0.3) is 109 Å². The topological polar surface area (TPSA) is 64.7 Å². The van der Waals surface area contributed by atoms with Crippen molar-refractivity contribution in [1.29, 1.82) is 0 Å². The molecule has 11 aromatic rings. The van der Waals surface area contributed by atoms with Crippen LogP contribution < -0.4 is 0 Å².